The van der Waals surface area contributed by atoms with E-state index < -0.39 is 5.82 Å². The Morgan fingerprint density at radius 2 is 2.14 bits per heavy atom. The zero-order chi connectivity index (χ0) is 20.4. The van der Waals surface area contributed by atoms with Crippen molar-refractivity contribution in [3.63, 3.8) is 0 Å². The van der Waals surface area contributed by atoms with Crippen molar-refractivity contribution in [3.8, 4) is 5.75 Å². The van der Waals surface area contributed by atoms with Gasteiger partial charge in [-0.1, -0.05) is 6.07 Å². The molecular formula is C20H22FN3O3S. The molecule has 6 nitrogen and oxygen atoms in total. The number of aryl methyl sites for hydroxylation is 3. The molecule has 0 aliphatic heterocycles. The van der Waals surface area contributed by atoms with E-state index in [1.54, 1.807) is 13.0 Å². The fourth-order valence-corrected chi connectivity index (χ4v) is 3.99. The van der Waals surface area contributed by atoms with E-state index in [4.69, 9.17) is 4.74 Å². The first-order chi connectivity index (χ1) is 13.3. The van der Waals surface area contributed by atoms with Crippen LogP contribution in [0, 0.1) is 19.7 Å². The van der Waals surface area contributed by atoms with E-state index >= 15 is 0 Å². The number of methoxy groups -OCH3 is 1. The van der Waals surface area contributed by atoms with Crippen molar-refractivity contribution in [1.29, 1.82) is 0 Å². The van der Waals surface area contributed by atoms with Crippen molar-refractivity contribution < 1.29 is 13.9 Å². The first kappa shape index (κ1) is 20.0. The molecule has 2 heterocycles. The Morgan fingerprint density at radius 1 is 1.39 bits per heavy atom. The molecule has 8 heteroatoms. The number of nitrogens with zero attached hydrogens (tertiary/aromatic N) is 2. The Kier molecular flexibility index (Phi) is 5.79. The standard InChI is InChI=1S/C20H22FN3O3S/c1-11-13(3)28-19-18(11)20(26)24(10-22-19)8-7-17(25)23-12(2)14-5-6-16(27-4)15(21)9-14/h5-6,9-10,12H,7-8H2,1-4H3,(H,23,25). The summed E-state index contributed by atoms with van der Waals surface area (Å²) in [4.78, 5) is 31.1. The SMILES string of the molecule is COc1ccc(C(C)NC(=O)CCn2cnc3sc(C)c(C)c3c2=O)cc1F. The van der Waals surface area contributed by atoms with Crippen molar-refractivity contribution in [2.75, 3.05) is 7.11 Å². The third kappa shape index (κ3) is 3.91. The van der Waals surface area contributed by atoms with Crippen LogP contribution >= 0.6 is 11.3 Å². The summed E-state index contributed by atoms with van der Waals surface area (Å²) in [7, 11) is 1.40. The van der Waals surface area contributed by atoms with Crippen LogP contribution in [0.5, 0.6) is 5.75 Å². The van der Waals surface area contributed by atoms with E-state index in [2.05, 4.69) is 10.3 Å². The van der Waals surface area contributed by atoms with Crippen LogP contribution in [0.2, 0.25) is 0 Å². The van der Waals surface area contributed by atoms with Gasteiger partial charge in [-0.2, -0.15) is 0 Å². The number of hydrogen-bond acceptors (Lipinski definition) is 5. The average Bonchev–Trinajstić information content (AvgIpc) is 2.95. The molecule has 1 atom stereocenters. The molecule has 0 aliphatic rings. The lowest BCUT2D eigenvalue weighted by Gasteiger charge is -2.15. The summed E-state index contributed by atoms with van der Waals surface area (Å²) in [5, 5.41) is 3.44. The van der Waals surface area contributed by atoms with Crippen LogP contribution in [0.15, 0.2) is 29.3 Å². The number of nitrogens with one attached hydrogen (secondary N) is 1. The van der Waals surface area contributed by atoms with E-state index in [1.165, 1.54) is 41.5 Å². The molecule has 28 heavy (non-hydrogen) atoms. The van der Waals surface area contributed by atoms with Crippen LogP contribution in [0.25, 0.3) is 10.2 Å². The average molecular weight is 403 g/mol. The minimum absolute atomic E-state index is 0.123. The van der Waals surface area contributed by atoms with Gasteiger partial charge < -0.3 is 10.1 Å². The van der Waals surface area contributed by atoms with Gasteiger partial charge >= 0.3 is 0 Å². The van der Waals surface area contributed by atoms with Gasteiger partial charge in [0, 0.05) is 17.8 Å². The lowest BCUT2D eigenvalue weighted by Crippen LogP contribution is -2.29. The summed E-state index contributed by atoms with van der Waals surface area (Å²) in [6.07, 6.45) is 1.61. The van der Waals surface area contributed by atoms with Gasteiger partial charge in [-0.05, 0) is 44.0 Å². The minimum atomic E-state index is -0.478. The van der Waals surface area contributed by atoms with Gasteiger partial charge in [0.1, 0.15) is 4.83 Å². The summed E-state index contributed by atoms with van der Waals surface area (Å²) in [5.74, 6) is -0.550. The van der Waals surface area contributed by atoms with Gasteiger partial charge in [0.25, 0.3) is 5.56 Å². The second-order valence-corrected chi connectivity index (χ2v) is 7.84. The molecule has 1 N–H and O–H groups in total. The lowest BCUT2D eigenvalue weighted by molar-refractivity contribution is -0.121. The molecule has 0 spiro atoms. The Morgan fingerprint density at radius 3 is 2.82 bits per heavy atom. The second-order valence-electron chi connectivity index (χ2n) is 6.64. The number of carbonyl (C=O) groups is 1. The number of halogens is 1. The van der Waals surface area contributed by atoms with Crippen molar-refractivity contribution in [1.82, 2.24) is 14.9 Å². The van der Waals surface area contributed by atoms with Crippen LogP contribution in [-0.4, -0.2) is 22.6 Å². The quantitative estimate of drug-likeness (QED) is 0.684. The Hall–Kier alpha value is -2.74. The molecular weight excluding hydrogens is 381 g/mol. The highest BCUT2D eigenvalue weighted by atomic mass is 32.1. The summed E-state index contributed by atoms with van der Waals surface area (Å²) in [5.41, 5.74) is 1.44. The van der Waals surface area contributed by atoms with Gasteiger partial charge in [-0.15, -0.1) is 11.3 Å². The van der Waals surface area contributed by atoms with Gasteiger partial charge in [-0.3, -0.25) is 14.2 Å². The maximum atomic E-state index is 13.8. The fourth-order valence-electron chi connectivity index (χ4n) is 3.00. The highest BCUT2D eigenvalue weighted by Crippen LogP contribution is 2.25. The Labute approximate surface area is 166 Å². The third-order valence-corrected chi connectivity index (χ3v) is 5.90. The number of fused-ring (bicyclic) bond motifs is 1. The van der Waals surface area contributed by atoms with Crippen molar-refractivity contribution in [3.05, 3.63) is 56.7 Å². The van der Waals surface area contributed by atoms with Gasteiger partial charge in [0.2, 0.25) is 5.91 Å². The summed E-state index contributed by atoms with van der Waals surface area (Å²) in [6.45, 7) is 5.87. The number of thiophene rings is 1. The van der Waals surface area contributed by atoms with Crippen molar-refractivity contribution >= 4 is 27.5 Å². The molecule has 1 unspecified atom stereocenters. The molecule has 0 bridgehead atoms. The Bertz CT molecular complexity index is 1090. The number of hydrogen-bond donors (Lipinski definition) is 1. The molecule has 3 aromatic rings. The zero-order valence-corrected chi connectivity index (χ0v) is 17.0. The van der Waals surface area contributed by atoms with Crippen molar-refractivity contribution in [2.45, 2.75) is 39.8 Å². The molecule has 148 valence electrons. The number of amides is 1. The maximum Gasteiger partial charge on any atom is 0.262 e. The Balaban J connectivity index is 1.66. The van der Waals surface area contributed by atoms with E-state index in [0.717, 1.165) is 15.3 Å². The molecule has 1 amide bonds. The predicted octanol–water partition coefficient (Wildman–Crippen LogP) is 3.49. The molecule has 0 fully saturated rings. The summed E-state index contributed by atoms with van der Waals surface area (Å²) >= 11 is 1.49. The molecule has 2 aromatic heterocycles. The van der Waals surface area contributed by atoms with Crippen LogP contribution in [0.1, 0.15) is 35.4 Å². The number of ether oxygens (including phenoxy) is 1. The summed E-state index contributed by atoms with van der Waals surface area (Å²) in [6, 6.07) is 4.20. The third-order valence-electron chi connectivity index (χ3n) is 4.79. The van der Waals surface area contributed by atoms with Crippen LogP contribution in [0.4, 0.5) is 4.39 Å². The predicted molar refractivity (Wildman–Crippen MR) is 107 cm³/mol. The molecule has 0 saturated carbocycles. The number of aromatic nitrogens is 2. The minimum Gasteiger partial charge on any atom is -0.494 e. The molecule has 0 aliphatic carbocycles. The molecule has 0 radical (unpaired) electrons. The highest BCUT2D eigenvalue weighted by molar-refractivity contribution is 7.18. The van der Waals surface area contributed by atoms with Gasteiger partial charge in [-0.25, -0.2) is 9.37 Å². The lowest BCUT2D eigenvalue weighted by atomic mass is 10.1. The van der Waals surface area contributed by atoms with Gasteiger partial charge in [0.15, 0.2) is 11.6 Å². The van der Waals surface area contributed by atoms with E-state index in [0.29, 0.717) is 10.9 Å². The van der Waals surface area contributed by atoms with E-state index in [1.807, 2.05) is 13.8 Å². The van der Waals surface area contributed by atoms with Crippen LogP contribution < -0.4 is 15.6 Å². The smallest absolute Gasteiger partial charge is 0.262 e. The molecule has 3 rings (SSSR count). The first-order valence-corrected chi connectivity index (χ1v) is 9.71. The van der Waals surface area contributed by atoms with Crippen LogP contribution in [-0.2, 0) is 11.3 Å². The van der Waals surface area contributed by atoms with Crippen LogP contribution in [0.3, 0.4) is 0 Å². The zero-order valence-electron chi connectivity index (χ0n) is 16.2. The van der Waals surface area contributed by atoms with Gasteiger partial charge in [0.05, 0.1) is 24.9 Å². The highest BCUT2D eigenvalue weighted by Gasteiger charge is 2.15. The summed E-state index contributed by atoms with van der Waals surface area (Å²) < 4.78 is 20.2. The van der Waals surface area contributed by atoms with E-state index in [-0.39, 0.29) is 36.2 Å². The molecule has 1 aromatic carbocycles. The monoisotopic (exact) mass is 403 g/mol. The molecule has 0 saturated heterocycles. The van der Waals surface area contributed by atoms with Crippen molar-refractivity contribution in [2.24, 2.45) is 0 Å². The normalized spacial score (nSPS) is 12.2. The van der Waals surface area contributed by atoms with E-state index in [9.17, 15) is 14.0 Å². The fraction of sp³-hybridized carbons (Fsp3) is 0.350. The maximum absolute atomic E-state index is 13.8. The topological polar surface area (TPSA) is 73.2 Å². The number of carbonyl (C=O) groups excluding carboxylic acids is 1. The first-order valence-electron chi connectivity index (χ1n) is 8.89. The largest absolute Gasteiger partial charge is 0.494 e. The number of rotatable bonds is 6. The number of benzene rings is 1. The second kappa shape index (κ2) is 8.10.